The lowest BCUT2D eigenvalue weighted by Gasteiger charge is -2.30. The highest BCUT2D eigenvalue weighted by molar-refractivity contribution is 6.89. The van der Waals surface area contributed by atoms with Crippen molar-refractivity contribution in [2.24, 2.45) is 0 Å². The van der Waals surface area contributed by atoms with Crippen LogP contribution in [0.1, 0.15) is 206 Å². The topological polar surface area (TPSA) is 0 Å². The molecule has 0 bridgehead atoms. The summed E-state index contributed by atoms with van der Waals surface area (Å²) < 4.78 is 0. The van der Waals surface area contributed by atoms with Crippen molar-refractivity contribution in [1.29, 1.82) is 0 Å². The van der Waals surface area contributed by atoms with Gasteiger partial charge in [-0.2, -0.15) is 0 Å². The minimum atomic E-state index is -1.48. The minimum Gasteiger partial charge on any atom is -0.0656 e. The van der Waals surface area contributed by atoms with Crippen LogP contribution < -0.4 is 10.4 Å². The van der Waals surface area contributed by atoms with E-state index >= 15 is 0 Å². The van der Waals surface area contributed by atoms with Gasteiger partial charge in [0.05, 0.1) is 16.1 Å². The molecule has 9 aromatic carbocycles. The summed E-state index contributed by atoms with van der Waals surface area (Å²) in [6.45, 7) is 33.3. The largest absolute Gasteiger partial charge is 0.0775 e. The Labute approximate surface area is 575 Å². The zero-order valence-electron chi connectivity index (χ0n) is 61.0. The van der Waals surface area contributed by atoms with Crippen LogP contribution in [0.15, 0.2) is 194 Å². The van der Waals surface area contributed by atoms with Crippen molar-refractivity contribution in [2.45, 2.75) is 247 Å². The summed E-state index contributed by atoms with van der Waals surface area (Å²) in [4.78, 5) is 0. The van der Waals surface area contributed by atoms with Gasteiger partial charge >= 0.3 is 0 Å². The zero-order chi connectivity index (χ0) is 66.9. The van der Waals surface area contributed by atoms with Crippen molar-refractivity contribution < 1.29 is 0 Å². The van der Waals surface area contributed by atoms with E-state index in [1.165, 1.54) is 250 Å². The molecule has 0 fully saturated rings. The van der Waals surface area contributed by atoms with Crippen LogP contribution in [0.4, 0.5) is 0 Å². The predicted octanol–water partition coefficient (Wildman–Crippen LogP) is 27.6. The molecule has 0 nitrogen and oxygen atoms in total. The van der Waals surface area contributed by atoms with E-state index in [-0.39, 0.29) is 10.8 Å². The third-order valence-electron chi connectivity index (χ3n) is 20.2. The first kappa shape index (κ1) is 71.7. The molecule has 0 radical (unpaired) electrons. The van der Waals surface area contributed by atoms with Crippen molar-refractivity contribution in [3.63, 3.8) is 0 Å². The first-order valence-corrected chi connectivity index (χ1v) is 44.2. The molecule has 0 saturated heterocycles. The first-order chi connectivity index (χ1) is 45.1. The molecule has 0 saturated carbocycles. The summed E-state index contributed by atoms with van der Waals surface area (Å²) in [5.74, 6) is 0. The van der Waals surface area contributed by atoms with Crippen LogP contribution in [0.5, 0.6) is 0 Å². The Bertz CT molecular complexity index is 3490. The Hall–Kier alpha value is -6.59. The van der Waals surface area contributed by atoms with Crippen LogP contribution in [0.2, 0.25) is 39.3 Å². The van der Waals surface area contributed by atoms with Crippen LogP contribution in [-0.4, -0.2) is 16.1 Å². The molecule has 94 heavy (non-hydrogen) atoms. The van der Waals surface area contributed by atoms with Gasteiger partial charge in [-0.05, 0) is 148 Å². The molecular formula is C92H118Si2. The van der Waals surface area contributed by atoms with Gasteiger partial charge in [0.1, 0.15) is 0 Å². The van der Waals surface area contributed by atoms with Gasteiger partial charge in [0.15, 0.2) is 0 Å². The van der Waals surface area contributed by atoms with E-state index in [0.29, 0.717) is 0 Å². The lowest BCUT2D eigenvalue weighted by Crippen LogP contribution is -2.37. The number of aryl methyl sites for hydroxylation is 2. The maximum atomic E-state index is 2.49. The number of hydrogen-bond donors (Lipinski definition) is 0. The molecule has 0 spiro atoms. The van der Waals surface area contributed by atoms with Gasteiger partial charge in [0, 0.05) is 0 Å². The summed E-state index contributed by atoms with van der Waals surface area (Å²) >= 11 is 0. The Kier molecular flexibility index (Phi) is 25.5. The van der Waals surface area contributed by atoms with Crippen molar-refractivity contribution in [3.05, 3.63) is 216 Å². The molecule has 0 aliphatic rings. The summed E-state index contributed by atoms with van der Waals surface area (Å²) in [7, 11) is -2.96. The maximum Gasteiger partial charge on any atom is 0.0775 e. The summed E-state index contributed by atoms with van der Waals surface area (Å²) in [5.41, 5.74) is 25.5. The van der Waals surface area contributed by atoms with Crippen LogP contribution in [0, 0.1) is 0 Å². The highest BCUT2D eigenvalue weighted by atomic mass is 28.3. The van der Waals surface area contributed by atoms with E-state index in [2.05, 4.69) is 289 Å². The number of unbranched alkanes of at least 4 members (excludes halogenated alkanes) is 18. The Morgan fingerprint density at radius 1 is 0.213 bits per heavy atom. The Morgan fingerprint density at radius 2 is 0.394 bits per heavy atom. The number of benzene rings is 9. The van der Waals surface area contributed by atoms with Gasteiger partial charge in [-0.25, -0.2) is 0 Å². The van der Waals surface area contributed by atoms with E-state index in [4.69, 9.17) is 0 Å². The van der Waals surface area contributed by atoms with Crippen LogP contribution in [-0.2, 0) is 23.7 Å². The molecule has 0 unspecified atom stereocenters. The van der Waals surface area contributed by atoms with Crippen molar-refractivity contribution >= 4 is 26.5 Å². The van der Waals surface area contributed by atoms with E-state index < -0.39 is 16.1 Å². The van der Waals surface area contributed by atoms with Gasteiger partial charge in [-0.15, -0.1) is 0 Å². The van der Waals surface area contributed by atoms with Crippen LogP contribution in [0.25, 0.3) is 89.0 Å². The van der Waals surface area contributed by atoms with E-state index in [1.54, 1.807) is 0 Å². The van der Waals surface area contributed by atoms with E-state index in [1.807, 2.05) is 0 Å². The summed E-state index contributed by atoms with van der Waals surface area (Å²) in [6, 6.07) is 77.5. The fraction of sp³-hybridized carbons (Fsp3) is 0.413. The number of rotatable bonds is 32. The fourth-order valence-corrected chi connectivity index (χ4v) is 16.4. The molecule has 0 N–H and O–H groups in total. The first-order valence-electron chi connectivity index (χ1n) is 37.2. The second-order valence-electron chi connectivity index (χ2n) is 32.0. The van der Waals surface area contributed by atoms with Crippen LogP contribution >= 0.6 is 0 Å². The second kappa shape index (κ2) is 33.4. The lowest BCUT2D eigenvalue weighted by molar-refractivity contribution is 0.556. The molecule has 0 amide bonds. The molecule has 0 aliphatic carbocycles. The quantitative estimate of drug-likeness (QED) is 0.0291. The third-order valence-corrected chi connectivity index (χ3v) is 24.3. The highest BCUT2D eigenvalue weighted by Gasteiger charge is 2.31. The van der Waals surface area contributed by atoms with Gasteiger partial charge < -0.3 is 0 Å². The van der Waals surface area contributed by atoms with E-state index in [9.17, 15) is 0 Å². The summed E-state index contributed by atoms with van der Waals surface area (Å²) in [6.07, 6.45) is 29.1. The molecule has 0 atom stereocenters. The average Bonchev–Trinajstić information content (AvgIpc) is 0.715. The van der Waals surface area contributed by atoms with Crippen molar-refractivity contribution in [2.75, 3.05) is 0 Å². The van der Waals surface area contributed by atoms with Crippen molar-refractivity contribution in [3.8, 4) is 89.0 Å². The van der Waals surface area contributed by atoms with Crippen LogP contribution in [0.3, 0.4) is 0 Å². The van der Waals surface area contributed by atoms with Gasteiger partial charge in [0.25, 0.3) is 0 Å². The van der Waals surface area contributed by atoms with Gasteiger partial charge in [-0.3, -0.25) is 0 Å². The smallest absolute Gasteiger partial charge is 0.0656 e. The average molecular weight is 1280 g/mol. The maximum absolute atomic E-state index is 2.49. The Morgan fingerprint density at radius 3 is 0.606 bits per heavy atom. The molecule has 0 heterocycles. The standard InChI is InChI=1S/C92H118Si2/c1-15-17-19-21-23-25-27-29-31-33-35-69-37-41-75(42-38-69)85-86(76-43-39-70(40-44-76)36-34-32-30-28-26-24-22-20-18-16-2)90(80-55-63-82(64-56-80)92(6,7)8)88(78-51-47-72(48-52-78)74-59-67-84(68-60-74)94(12,13)14)87(89(85)79-53-61-81(62-54-79)91(3,4)5)77-49-45-71(46-50-77)73-57-65-83(66-58-73)93(9,10)11/h37-68H,15-36H2,1-14H3. The molecule has 2 heteroatoms. The van der Waals surface area contributed by atoms with Crippen molar-refractivity contribution in [1.82, 2.24) is 0 Å². The fourth-order valence-electron chi connectivity index (χ4n) is 14.0. The minimum absolute atomic E-state index is 0.0108. The monoisotopic (exact) mass is 1280 g/mol. The SMILES string of the molecule is CCCCCCCCCCCCc1ccc(-c2c(-c3ccc(CCCCCCCCCCCC)cc3)c(-c3ccc(C(C)(C)C)cc3)c(-c3ccc(-c4ccc([Si](C)(C)C)cc4)cc3)c(-c3ccc(-c4ccc([Si](C)(C)C)cc4)cc3)c2-c2ccc(C(C)(C)C)cc2)cc1. The highest BCUT2D eigenvalue weighted by Crippen LogP contribution is 2.56. The molecular weight excluding hydrogens is 1160 g/mol. The summed E-state index contributed by atoms with van der Waals surface area (Å²) in [5, 5.41) is 2.97. The van der Waals surface area contributed by atoms with E-state index in [0.717, 1.165) is 12.8 Å². The molecule has 9 aromatic rings. The zero-order valence-corrected chi connectivity index (χ0v) is 63.0. The molecule has 0 aliphatic heterocycles. The normalized spacial score (nSPS) is 12.2. The second-order valence-corrected chi connectivity index (χ2v) is 42.1. The predicted molar refractivity (Wildman–Crippen MR) is 424 cm³/mol. The third kappa shape index (κ3) is 19.3. The van der Waals surface area contributed by atoms with Gasteiger partial charge in [0.2, 0.25) is 0 Å². The lowest BCUT2D eigenvalue weighted by atomic mass is 9.73. The Balaban J connectivity index is 1.29. The molecule has 0 aromatic heterocycles. The van der Waals surface area contributed by atoms with Gasteiger partial charge in [-0.1, -0.05) is 415 Å². The molecule has 9 rings (SSSR count). The molecule has 494 valence electrons. The number of hydrogen-bond acceptors (Lipinski definition) is 0.